The molecule has 1 aliphatic heterocycles. The Hall–Kier alpha value is -2.35. The number of carbonyl (C=O) groups excluding carboxylic acids is 1. The van der Waals surface area contributed by atoms with E-state index in [0.29, 0.717) is 11.7 Å². The van der Waals surface area contributed by atoms with Crippen molar-refractivity contribution in [1.29, 1.82) is 0 Å². The Morgan fingerprint density at radius 2 is 2.07 bits per heavy atom. The third kappa shape index (κ3) is 4.32. The first-order chi connectivity index (χ1) is 13.1. The summed E-state index contributed by atoms with van der Waals surface area (Å²) in [7, 11) is 0. The van der Waals surface area contributed by atoms with Crippen LogP contribution in [0.3, 0.4) is 0 Å². The molecule has 1 aliphatic carbocycles. The molecule has 1 amide bonds. The lowest BCUT2D eigenvalue weighted by molar-refractivity contribution is -0.135. The minimum Gasteiger partial charge on any atom is -0.355 e. The van der Waals surface area contributed by atoms with Crippen LogP contribution in [0.5, 0.6) is 0 Å². The van der Waals surface area contributed by atoms with E-state index in [-0.39, 0.29) is 29.1 Å². The van der Waals surface area contributed by atoms with Crippen LogP contribution in [0.15, 0.2) is 29.3 Å². The van der Waals surface area contributed by atoms with Gasteiger partial charge in [-0.3, -0.25) is 14.3 Å². The summed E-state index contributed by atoms with van der Waals surface area (Å²) in [5, 5.41) is 10.8. The molecule has 1 saturated carbocycles. The summed E-state index contributed by atoms with van der Waals surface area (Å²) in [6.07, 6.45) is 7.68. The molecule has 0 bridgehead atoms. The molecular formula is C18H23ClN6O2. The number of nitrogens with one attached hydrogen (secondary N) is 1. The predicted octanol–water partition coefficient (Wildman–Crippen LogP) is 1.53. The molecule has 9 heteroatoms. The molecule has 8 nitrogen and oxygen atoms in total. The number of anilines is 1. The smallest absolute Gasteiger partial charge is 0.283 e. The van der Waals surface area contributed by atoms with Gasteiger partial charge < -0.3 is 9.80 Å². The number of aromatic amines is 1. The molecule has 3 heterocycles. The van der Waals surface area contributed by atoms with Crippen molar-refractivity contribution in [3.63, 3.8) is 0 Å². The van der Waals surface area contributed by atoms with E-state index in [1.807, 2.05) is 12.3 Å². The molecule has 144 valence electrons. The zero-order valence-corrected chi connectivity index (χ0v) is 15.8. The lowest BCUT2D eigenvalue weighted by Crippen LogP contribution is -2.49. The van der Waals surface area contributed by atoms with Crippen molar-refractivity contribution in [2.45, 2.75) is 38.3 Å². The van der Waals surface area contributed by atoms with Crippen LogP contribution in [0, 0.1) is 5.92 Å². The molecule has 4 rings (SSSR count). The van der Waals surface area contributed by atoms with Crippen LogP contribution >= 0.6 is 11.6 Å². The number of hydrogen-bond donors (Lipinski definition) is 1. The van der Waals surface area contributed by atoms with Gasteiger partial charge in [0.1, 0.15) is 11.6 Å². The number of amides is 1. The maximum Gasteiger partial charge on any atom is 0.283 e. The second-order valence-corrected chi connectivity index (χ2v) is 7.72. The number of piperidine rings is 1. The molecule has 2 fully saturated rings. The highest BCUT2D eigenvalue weighted by Crippen LogP contribution is 2.32. The molecule has 2 aliphatic rings. The maximum atomic E-state index is 12.9. The van der Waals surface area contributed by atoms with Gasteiger partial charge in [0.05, 0.1) is 0 Å². The van der Waals surface area contributed by atoms with Crippen LogP contribution in [0.25, 0.3) is 0 Å². The Morgan fingerprint density at radius 1 is 1.30 bits per heavy atom. The molecule has 0 radical (unpaired) electrons. The van der Waals surface area contributed by atoms with Crippen molar-refractivity contribution < 1.29 is 4.79 Å². The van der Waals surface area contributed by atoms with Crippen molar-refractivity contribution in [2.75, 3.05) is 24.5 Å². The first kappa shape index (κ1) is 18.0. The zero-order chi connectivity index (χ0) is 18.8. The average molecular weight is 391 g/mol. The Labute approximate surface area is 162 Å². The van der Waals surface area contributed by atoms with Gasteiger partial charge in [-0.2, -0.15) is 10.2 Å². The number of rotatable bonds is 6. The minimum atomic E-state index is -0.380. The third-order valence-electron chi connectivity index (χ3n) is 5.30. The van der Waals surface area contributed by atoms with Crippen LogP contribution in [0.2, 0.25) is 5.02 Å². The topological polar surface area (TPSA) is 87.1 Å². The summed E-state index contributed by atoms with van der Waals surface area (Å²) in [5.41, 5.74) is -0.380. The van der Waals surface area contributed by atoms with Gasteiger partial charge in [-0.25, -0.2) is 5.10 Å². The molecule has 1 N–H and O–H groups in total. The minimum absolute atomic E-state index is 0.134. The Morgan fingerprint density at radius 3 is 2.70 bits per heavy atom. The van der Waals surface area contributed by atoms with Crippen LogP contribution < -0.4 is 10.5 Å². The highest BCUT2D eigenvalue weighted by atomic mass is 35.5. The van der Waals surface area contributed by atoms with Crippen molar-refractivity contribution in [1.82, 2.24) is 24.9 Å². The van der Waals surface area contributed by atoms with Crippen molar-refractivity contribution in [3.05, 3.63) is 39.9 Å². The van der Waals surface area contributed by atoms with E-state index < -0.39 is 0 Å². The number of nitrogens with zero attached hydrogens (tertiary/aromatic N) is 5. The van der Waals surface area contributed by atoms with Crippen LogP contribution in [0.4, 0.5) is 5.82 Å². The predicted molar refractivity (Wildman–Crippen MR) is 102 cm³/mol. The Balaban J connectivity index is 1.40. The van der Waals surface area contributed by atoms with E-state index in [1.54, 1.807) is 16.9 Å². The van der Waals surface area contributed by atoms with Gasteiger partial charge >= 0.3 is 0 Å². The number of H-pyrrole nitrogens is 1. The Kier molecular flexibility index (Phi) is 5.15. The average Bonchev–Trinajstić information content (AvgIpc) is 3.36. The van der Waals surface area contributed by atoms with Gasteiger partial charge in [0.2, 0.25) is 5.91 Å². The fourth-order valence-corrected chi connectivity index (χ4v) is 3.74. The largest absolute Gasteiger partial charge is 0.355 e. The number of halogens is 1. The summed E-state index contributed by atoms with van der Waals surface area (Å²) in [6, 6.07) is 3.66. The summed E-state index contributed by atoms with van der Waals surface area (Å²) < 4.78 is 1.68. The lowest BCUT2D eigenvalue weighted by Gasteiger charge is -2.39. The van der Waals surface area contributed by atoms with Crippen molar-refractivity contribution in [3.8, 4) is 0 Å². The Bertz CT molecular complexity index is 840. The zero-order valence-electron chi connectivity index (χ0n) is 15.1. The molecular weight excluding hydrogens is 368 g/mol. The van der Waals surface area contributed by atoms with Gasteiger partial charge in [0, 0.05) is 44.1 Å². The molecule has 0 unspecified atom stereocenters. The fraction of sp³-hybridized carbons (Fsp3) is 0.556. The standard InChI is InChI=1S/C18H23ClN6O2/c19-15-10-16(21-22-18(15)27)23-8-4-14(5-9-23)25(11-13-2-3-13)17(26)12-24-7-1-6-20-24/h1,6-7,10,13-14H,2-5,8-9,11-12H2,(H,22,27). The van der Waals surface area contributed by atoms with Gasteiger partial charge in [-0.15, -0.1) is 0 Å². The maximum absolute atomic E-state index is 12.9. The van der Waals surface area contributed by atoms with Crippen molar-refractivity contribution in [2.24, 2.45) is 5.92 Å². The van der Waals surface area contributed by atoms with Crippen LogP contribution in [-0.4, -0.2) is 56.5 Å². The normalized spacial score (nSPS) is 17.9. The molecule has 27 heavy (non-hydrogen) atoms. The molecule has 2 aromatic rings. The monoisotopic (exact) mass is 390 g/mol. The highest BCUT2D eigenvalue weighted by Gasteiger charge is 2.33. The summed E-state index contributed by atoms with van der Waals surface area (Å²) >= 11 is 5.91. The first-order valence-electron chi connectivity index (χ1n) is 9.37. The van der Waals surface area contributed by atoms with Crippen LogP contribution in [-0.2, 0) is 11.3 Å². The molecule has 0 spiro atoms. The van der Waals surface area contributed by atoms with E-state index in [9.17, 15) is 9.59 Å². The van der Waals surface area contributed by atoms with E-state index >= 15 is 0 Å². The van der Waals surface area contributed by atoms with E-state index in [1.165, 1.54) is 12.8 Å². The van der Waals surface area contributed by atoms with Gasteiger partial charge in [0.15, 0.2) is 5.82 Å². The van der Waals surface area contributed by atoms with Crippen molar-refractivity contribution >= 4 is 23.3 Å². The molecule has 0 aromatic carbocycles. The lowest BCUT2D eigenvalue weighted by atomic mass is 10.0. The quantitative estimate of drug-likeness (QED) is 0.808. The number of hydrogen-bond acceptors (Lipinski definition) is 5. The van der Waals surface area contributed by atoms with E-state index in [2.05, 4.69) is 25.1 Å². The molecule has 0 atom stereocenters. The third-order valence-corrected chi connectivity index (χ3v) is 5.58. The SMILES string of the molecule is O=C(Cn1cccn1)N(CC1CC1)C1CCN(c2cc(Cl)c(=O)[nH]n2)CC1. The van der Waals surface area contributed by atoms with E-state index in [4.69, 9.17) is 11.6 Å². The number of aromatic nitrogens is 4. The summed E-state index contributed by atoms with van der Waals surface area (Å²) in [6.45, 7) is 2.68. The van der Waals surface area contributed by atoms with Gasteiger partial charge in [-0.1, -0.05) is 11.6 Å². The number of carbonyl (C=O) groups is 1. The summed E-state index contributed by atoms with van der Waals surface area (Å²) in [4.78, 5) is 28.4. The summed E-state index contributed by atoms with van der Waals surface area (Å²) in [5.74, 6) is 1.45. The second-order valence-electron chi connectivity index (χ2n) is 7.31. The fourth-order valence-electron chi connectivity index (χ4n) is 3.60. The molecule has 1 saturated heterocycles. The van der Waals surface area contributed by atoms with Gasteiger partial charge in [0.25, 0.3) is 5.56 Å². The molecule has 2 aromatic heterocycles. The van der Waals surface area contributed by atoms with Crippen LogP contribution in [0.1, 0.15) is 25.7 Å². The van der Waals surface area contributed by atoms with Gasteiger partial charge in [-0.05, 0) is 37.7 Å². The van der Waals surface area contributed by atoms with E-state index in [0.717, 1.165) is 32.5 Å². The second kappa shape index (κ2) is 7.72. The highest BCUT2D eigenvalue weighted by molar-refractivity contribution is 6.30. The first-order valence-corrected chi connectivity index (χ1v) is 9.75.